The molecule has 0 bridgehead atoms. The summed E-state index contributed by atoms with van der Waals surface area (Å²) in [5.41, 5.74) is 22.2. The van der Waals surface area contributed by atoms with E-state index in [9.17, 15) is 34.2 Å². The van der Waals surface area contributed by atoms with Gasteiger partial charge < -0.3 is 49.1 Å². The van der Waals surface area contributed by atoms with Crippen LogP contribution in [0.25, 0.3) is 0 Å². The van der Waals surface area contributed by atoms with Gasteiger partial charge in [-0.2, -0.15) is 0 Å². The summed E-state index contributed by atoms with van der Waals surface area (Å²) in [5, 5.41) is 26.3. The Morgan fingerprint density at radius 3 is 1.92 bits per heavy atom. The second-order valence-electron chi connectivity index (χ2n) is 9.28. The standard InChI is InChI=1S/C24H38N8O7/c1-12(2)19(26)22(37)30-15(4-3-9-29-24(27)28)20(35)31-16(10-13-5-7-14(33)8-6-13)21(36)32-17(23(38)39)11-18(25)34/h5-8,12,15-17,19,33H,3-4,9-11,26H2,1-2H3,(H2,25,34)(H,30,37)(H,31,35)(H,32,36)(H,38,39)(H4,27,28,29). The molecule has 1 aromatic rings. The number of benzene rings is 1. The molecular formula is C24H38N8O7. The Balaban J connectivity index is 3.21. The van der Waals surface area contributed by atoms with Crippen LogP contribution in [-0.2, 0) is 30.4 Å². The normalized spacial score (nSPS) is 13.8. The summed E-state index contributed by atoms with van der Waals surface area (Å²) in [5.74, 6) is -5.08. The van der Waals surface area contributed by atoms with Crippen LogP contribution in [0.4, 0.5) is 0 Å². The molecule has 15 heteroatoms. The molecule has 0 saturated carbocycles. The van der Waals surface area contributed by atoms with Crippen molar-refractivity contribution in [2.45, 2.75) is 63.7 Å². The smallest absolute Gasteiger partial charge is 0.326 e. The topological polar surface area (TPSA) is 278 Å². The SMILES string of the molecule is CC(C)C(N)C(=O)NC(CCCN=C(N)N)C(=O)NC(Cc1ccc(O)cc1)C(=O)NC(CC(N)=O)C(=O)O. The molecular weight excluding hydrogens is 512 g/mol. The van der Waals surface area contributed by atoms with E-state index < -0.39 is 60.2 Å². The predicted octanol–water partition coefficient (Wildman–Crippen LogP) is -2.61. The lowest BCUT2D eigenvalue weighted by Crippen LogP contribution is -2.58. The largest absolute Gasteiger partial charge is 0.508 e. The predicted molar refractivity (Wildman–Crippen MR) is 142 cm³/mol. The minimum atomic E-state index is -1.63. The van der Waals surface area contributed by atoms with E-state index in [1.807, 2.05) is 0 Å². The fourth-order valence-electron chi connectivity index (χ4n) is 3.37. The first-order valence-corrected chi connectivity index (χ1v) is 12.2. The third-order valence-corrected chi connectivity index (χ3v) is 5.63. The summed E-state index contributed by atoms with van der Waals surface area (Å²) in [6.45, 7) is 3.64. The molecule has 39 heavy (non-hydrogen) atoms. The Labute approximate surface area is 225 Å². The second-order valence-corrected chi connectivity index (χ2v) is 9.28. The second kappa shape index (κ2) is 15.8. The lowest BCUT2D eigenvalue weighted by atomic mass is 10.0. The highest BCUT2D eigenvalue weighted by Gasteiger charge is 2.31. The number of nitrogens with two attached hydrogens (primary N) is 4. The maximum absolute atomic E-state index is 13.3. The van der Waals surface area contributed by atoms with Crippen molar-refractivity contribution in [3.63, 3.8) is 0 Å². The molecule has 13 N–H and O–H groups in total. The van der Waals surface area contributed by atoms with Crippen LogP contribution < -0.4 is 38.9 Å². The van der Waals surface area contributed by atoms with Crippen LogP contribution in [0, 0.1) is 5.92 Å². The van der Waals surface area contributed by atoms with Crippen molar-refractivity contribution in [1.29, 1.82) is 0 Å². The number of carboxylic acids is 1. The van der Waals surface area contributed by atoms with Crippen LogP contribution in [0.15, 0.2) is 29.3 Å². The molecule has 0 spiro atoms. The maximum atomic E-state index is 13.3. The lowest BCUT2D eigenvalue weighted by molar-refractivity contribution is -0.143. The van der Waals surface area contributed by atoms with Crippen molar-refractivity contribution in [3.05, 3.63) is 29.8 Å². The molecule has 1 aromatic carbocycles. The number of nitrogens with one attached hydrogen (secondary N) is 3. The maximum Gasteiger partial charge on any atom is 0.326 e. The molecule has 0 radical (unpaired) electrons. The van der Waals surface area contributed by atoms with Crippen molar-refractivity contribution < 1.29 is 34.2 Å². The van der Waals surface area contributed by atoms with Gasteiger partial charge in [-0.3, -0.25) is 24.2 Å². The van der Waals surface area contributed by atoms with Crippen molar-refractivity contribution in [1.82, 2.24) is 16.0 Å². The summed E-state index contributed by atoms with van der Waals surface area (Å²) in [6, 6.07) is 0.776. The Morgan fingerprint density at radius 2 is 1.41 bits per heavy atom. The Bertz CT molecular complexity index is 1040. The minimum Gasteiger partial charge on any atom is -0.508 e. The number of hydrogen-bond donors (Lipinski definition) is 9. The number of aromatic hydroxyl groups is 1. The fraction of sp³-hybridized carbons (Fsp3) is 0.500. The first-order chi connectivity index (χ1) is 18.2. The molecule has 0 aromatic heterocycles. The number of amides is 4. The molecule has 4 atom stereocenters. The number of carbonyl (C=O) groups is 5. The average Bonchev–Trinajstić information content (AvgIpc) is 2.84. The minimum absolute atomic E-state index is 0.0266. The molecule has 0 aliphatic carbocycles. The van der Waals surface area contributed by atoms with Crippen LogP contribution in [0.5, 0.6) is 5.75 Å². The molecule has 0 heterocycles. The van der Waals surface area contributed by atoms with Crippen LogP contribution >= 0.6 is 0 Å². The molecule has 1 rings (SSSR count). The molecule has 4 amide bonds. The van der Waals surface area contributed by atoms with Crippen LogP contribution in [0.3, 0.4) is 0 Å². The number of rotatable bonds is 16. The number of nitrogens with zero attached hydrogens (tertiary/aromatic N) is 1. The van der Waals surface area contributed by atoms with E-state index in [4.69, 9.17) is 22.9 Å². The number of primary amides is 1. The van der Waals surface area contributed by atoms with Crippen molar-refractivity contribution in [3.8, 4) is 5.75 Å². The first kappa shape index (κ1) is 32.6. The summed E-state index contributed by atoms with van der Waals surface area (Å²) in [4.78, 5) is 65.6. The van der Waals surface area contributed by atoms with Gasteiger partial charge in [0.2, 0.25) is 23.6 Å². The molecule has 0 aliphatic rings. The average molecular weight is 551 g/mol. The van der Waals surface area contributed by atoms with Crippen LogP contribution in [0.2, 0.25) is 0 Å². The fourth-order valence-corrected chi connectivity index (χ4v) is 3.37. The van der Waals surface area contributed by atoms with Crippen molar-refractivity contribution >= 4 is 35.6 Å². The van der Waals surface area contributed by atoms with Gasteiger partial charge in [-0.15, -0.1) is 0 Å². The number of hydrogen-bond acceptors (Lipinski definition) is 8. The van der Waals surface area contributed by atoms with Gasteiger partial charge in [0, 0.05) is 13.0 Å². The van der Waals surface area contributed by atoms with E-state index in [2.05, 4.69) is 20.9 Å². The molecule has 0 saturated heterocycles. The Kier molecular flexibility index (Phi) is 13.2. The molecule has 0 aliphatic heterocycles. The summed E-state index contributed by atoms with van der Waals surface area (Å²) in [7, 11) is 0. The summed E-state index contributed by atoms with van der Waals surface area (Å²) < 4.78 is 0. The first-order valence-electron chi connectivity index (χ1n) is 12.2. The number of phenolic OH excluding ortho intramolecular Hbond substituents is 1. The number of carbonyl (C=O) groups excluding carboxylic acids is 4. The van der Waals surface area contributed by atoms with E-state index in [1.165, 1.54) is 24.3 Å². The van der Waals surface area contributed by atoms with Gasteiger partial charge in [-0.25, -0.2) is 4.79 Å². The number of guanidine groups is 1. The van der Waals surface area contributed by atoms with E-state index in [-0.39, 0.29) is 37.0 Å². The van der Waals surface area contributed by atoms with Crippen molar-refractivity contribution in [2.75, 3.05) is 6.54 Å². The van der Waals surface area contributed by atoms with Crippen molar-refractivity contribution in [2.24, 2.45) is 33.8 Å². The highest BCUT2D eigenvalue weighted by molar-refractivity contribution is 5.95. The summed E-state index contributed by atoms with van der Waals surface area (Å²) in [6.07, 6.45) is -0.397. The van der Waals surface area contributed by atoms with Gasteiger partial charge in [-0.05, 0) is 36.5 Å². The molecule has 0 fully saturated rings. The van der Waals surface area contributed by atoms with E-state index in [0.717, 1.165) is 0 Å². The Morgan fingerprint density at radius 1 is 0.872 bits per heavy atom. The molecule has 4 unspecified atom stereocenters. The zero-order valence-corrected chi connectivity index (χ0v) is 21.9. The number of carboxylic acid groups (broad SMARTS) is 1. The highest BCUT2D eigenvalue weighted by atomic mass is 16.4. The van der Waals surface area contributed by atoms with Crippen LogP contribution in [0.1, 0.15) is 38.7 Å². The van der Waals surface area contributed by atoms with E-state index >= 15 is 0 Å². The van der Waals surface area contributed by atoms with Gasteiger partial charge >= 0.3 is 5.97 Å². The number of aliphatic imine (C=N–C) groups is 1. The van der Waals surface area contributed by atoms with Gasteiger partial charge in [0.25, 0.3) is 0 Å². The molecule has 15 nitrogen and oxygen atoms in total. The third kappa shape index (κ3) is 12.1. The quantitative estimate of drug-likeness (QED) is 0.0587. The van der Waals surface area contributed by atoms with Gasteiger partial charge in [0.05, 0.1) is 12.5 Å². The number of phenols is 1. The number of aliphatic carboxylic acids is 1. The van der Waals surface area contributed by atoms with Gasteiger partial charge in [0.1, 0.15) is 23.9 Å². The lowest BCUT2D eigenvalue weighted by Gasteiger charge is -2.26. The zero-order valence-electron chi connectivity index (χ0n) is 21.9. The van der Waals surface area contributed by atoms with E-state index in [0.29, 0.717) is 12.0 Å². The molecule has 216 valence electrons. The zero-order chi connectivity index (χ0) is 29.7. The monoisotopic (exact) mass is 550 g/mol. The van der Waals surface area contributed by atoms with Crippen LogP contribution in [-0.4, -0.2) is 76.5 Å². The van der Waals surface area contributed by atoms with Gasteiger partial charge in [0.15, 0.2) is 5.96 Å². The highest BCUT2D eigenvalue weighted by Crippen LogP contribution is 2.12. The van der Waals surface area contributed by atoms with Gasteiger partial charge in [-0.1, -0.05) is 26.0 Å². The third-order valence-electron chi connectivity index (χ3n) is 5.63. The summed E-state index contributed by atoms with van der Waals surface area (Å²) >= 11 is 0. The van der Waals surface area contributed by atoms with E-state index in [1.54, 1.807) is 13.8 Å². The Hall–Kier alpha value is -4.40.